The third kappa shape index (κ3) is 4.06. The minimum absolute atomic E-state index is 0.0603. The topological polar surface area (TPSA) is 71.8 Å². The van der Waals surface area contributed by atoms with E-state index in [1.54, 1.807) is 23.3 Å². The van der Waals surface area contributed by atoms with Crippen molar-refractivity contribution in [3.05, 3.63) is 78.8 Å². The van der Waals surface area contributed by atoms with Crippen LogP contribution in [-0.4, -0.2) is 18.4 Å². The Labute approximate surface area is 162 Å². The first kappa shape index (κ1) is 17.9. The Morgan fingerprint density at radius 2 is 1.79 bits per heavy atom. The maximum absolute atomic E-state index is 12.4. The van der Waals surface area contributed by atoms with Crippen LogP contribution in [0, 0.1) is 5.92 Å². The van der Waals surface area contributed by atoms with E-state index in [9.17, 15) is 9.59 Å². The predicted molar refractivity (Wildman–Crippen MR) is 104 cm³/mol. The van der Waals surface area contributed by atoms with Crippen LogP contribution in [0.2, 0.25) is 0 Å². The number of carbonyl (C=O) groups is 2. The molecule has 6 heteroatoms. The molecule has 1 aliphatic rings. The van der Waals surface area contributed by atoms with Crippen LogP contribution in [0.25, 0.3) is 0 Å². The van der Waals surface area contributed by atoms with Gasteiger partial charge in [0.25, 0.3) is 0 Å². The molecule has 2 heterocycles. The number of nitrogens with zero attached hydrogens (tertiary/aromatic N) is 1. The summed E-state index contributed by atoms with van der Waals surface area (Å²) in [5.74, 6) is 1.55. The lowest BCUT2D eigenvalue weighted by Crippen LogP contribution is -2.32. The third-order valence-electron chi connectivity index (χ3n) is 4.64. The molecule has 1 aliphatic heterocycles. The molecule has 142 valence electrons. The second-order valence-electron chi connectivity index (χ2n) is 6.61. The summed E-state index contributed by atoms with van der Waals surface area (Å²) in [6, 6.07) is 20.4. The molecule has 3 aromatic rings. The molecule has 1 unspecified atom stereocenters. The molecule has 2 amide bonds. The summed E-state index contributed by atoms with van der Waals surface area (Å²) in [5, 5.41) is 2.82. The van der Waals surface area contributed by atoms with Crippen LogP contribution in [0.4, 0.5) is 5.69 Å². The lowest BCUT2D eigenvalue weighted by molar-refractivity contribution is -0.126. The van der Waals surface area contributed by atoms with E-state index < -0.39 is 0 Å². The monoisotopic (exact) mass is 376 g/mol. The van der Waals surface area contributed by atoms with Crippen LogP contribution in [0.3, 0.4) is 0 Å². The minimum Gasteiger partial charge on any atom is -0.467 e. The number of furan rings is 1. The van der Waals surface area contributed by atoms with Gasteiger partial charge in [0.2, 0.25) is 11.8 Å². The lowest BCUT2D eigenvalue weighted by atomic mass is 10.1. The van der Waals surface area contributed by atoms with E-state index in [0.717, 1.165) is 11.4 Å². The number of ether oxygens (including phenoxy) is 1. The molecule has 1 N–H and O–H groups in total. The second-order valence-corrected chi connectivity index (χ2v) is 6.61. The highest BCUT2D eigenvalue weighted by atomic mass is 16.5. The number of rotatable bonds is 6. The van der Waals surface area contributed by atoms with Crippen molar-refractivity contribution in [3.63, 3.8) is 0 Å². The smallest absolute Gasteiger partial charge is 0.227 e. The standard InChI is InChI=1S/C22H20N2O4/c25-21-13-16(22(26)23-14-20-7-4-12-27-20)15-24(21)17-8-10-19(11-9-17)28-18-5-2-1-3-6-18/h1-12,16H,13-15H2,(H,23,26). The molecule has 0 aliphatic carbocycles. The first-order chi connectivity index (χ1) is 13.7. The molecule has 1 atom stereocenters. The zero-order valence-electron chi connectivity index (χ0n) is 15.2. The maximum atomic E-state index is 12.4. The fraction of sp³-hybridized carbons (Fsp3) is 0.182. The van der Waals surface area contributed by atoms with Crippen LogP contribution in [0.1, 0.15) is 12.2 Å². The van der Waals surface area contributed by atoms with E-state index in [1.807, 2.05) is 54.6 Å². The highest BCUT2D eigenvalue weighted by Crippen LogP contribution is 2.28. The molecule has 1 aromatic heterocycles. The van der Waals surface area contributed by atoms with Gasteiger partial charge in [-0.15, -0.1) is 0 Å². The maximum Gasteiger partial charge on any atom is 0.227 e. The zero-order chi connectivity index (χ0) is 19.3. The molecule has 0 spiro atoms. The van der Waals surface area contributed by atoms with Crippen molar-refractivity contribution in [3.8, 4) is 11.5 Å². The molecular weight excluding hydrogens is 356 g/mol. The Bertz CT molecular complexity index is 936. The van der Waals surface area contributed by atoms with Crippen LogP contribution >= 0.6 is 0 Å². The summed E-state index contributed by atoms with van der Waals surface area (Å²) in [5.41, 5.74) is 0.756. The average molecular weight is 376 g/mol. The van der Waals surface area contributed by atoms with Crippen LogP contribution in [0.5, 0.6) is 11.5 Å². The van der Waals surface area contributed by atoms with E-state index in [2.05, 4.69) is 5.32 Å². The Morgan fingerprint density at radius 1 is 1.04 bits per heavy atom. The van der Waals surface area contributed by atoms with Crippen molar-refractivity contribution < 1.29 is 18.7 Å². The molecular formula is C22H20N2O4. The van der Waals surface area contributed by atoms with Gasteiger partial charge in [-0.3, -0.25) is 9.59 Å². The molecule has 0 saturated carbocycles. The number of amides is 2. The highest BCUT2D eigenvalue weighted by Gasteiger charge is 2.35. The van der Waals surface area contributed by atoms with E-state index in [1.165, 1.54) is 0 Å². The third-order valence-corrected chi connectivity index (χ3v) is 4.64. The Morgan fingerprint density at radius 3 is 2.50 bits per heavy atom. The lowest BCUT2D eigenvalue weighted by Gasteiger charge is -2.17. The van der Waals surface area contributed by atoms with Crippen LogP contribution < -0.4 is 15.0 Å². The van der Waals surface area contributed by atoms with Crippen molar-refractivity contribution >= 4 is 17.5 Å². The summed E-state index contributed by atoms with van der Waals surface area (Å²) in [6.07, 6.45) is 1.76. The summed E-state index contributed by atoms with van der Waals surface area (Å²) < 4.78 is 11.0. The molecule has 4 rings (SSSR count). The van der Waals surface area contributed by atoms with Gasteiger partial charge in [0.15, 0.2) is 0 Å². The van der Waals surface area contributed by atoms with Gasteiger partial charge < -0.3 is 19.4 Å². The molecule has 2 aromatic carbocycles. The first-order valence-electron chi connectivity index (χ1n) is 9.12. The van der Waals surface area contributed by atoms with Gasteiger partial charge in [0, 0.05) is 18.7 Å². The van der Waals surface area contributed by atoms with E-state index in [0.29, 0.717) is 24.6 Å². The first-order valence-corrected chi connectivity index (χ1v) is 9.12. The SMILES string of the molecule is O=C(NCc1ccco1)C1CC(=O)N(c2ccc(Oc3ccccc3)cc2)C1. The summed E-state index contributed by atoms with van der Waals surface area (Å²) in [7, 11) is 0. The van der Waals surface area contributed by atoms with Crippen molar-refractivity contribution in [1.29, 1.82) is 0 Å². The summed E-state index contributed by atoms with van der Waals surface area (Å²) >= 11 is 0. The van der Waals surface area contributed by atoms with Gasteiger partial charge in [-0.1, -0.05) is 18.2 Å². The minimum atomic E-state index is -0.372. The van der Waals surface area contributed by atoms with Gasteiger partial charge in [-0.25, -0.2) is 0 Å². The second kappa shape index (κ2) is 8.00. The van der Waals surface area contributed by atoms with Crippen molar-refractivity contribution in [1.82, 2.24) is 5.32 Å². The normalized spacial score (nSPS) is 16.2. The average Bonchev–Trinajstić information content (AvgIpc) is 3.37. The van der Waals surface area contributed by atoms with Gasteiger partial charge in [-0.05, 0) is 48.5 Å². The molecule has 28 heavy (non-hydrogen) atoms. The number of hydrogen-bond acceptors (Lipinski definition) is 4. The Kier molecular flexibility index (Phi) is 5.10. The number of anilines is 1. The van der Waals surface area contributed by atoms with E-state index >= 15 is 0 Å². The zero-order valence-corrected chi connectivity index (χ0v) is 15.2. The highest BCUT2D eigenvalue weighted by molar-refractivity contribution is 6.00. The van der Waals surface area contributed by atoms with E-state index in [4.69, 9.17) is 9.15 Å². The predicted octanol–water partition coefficient (Wildman–Crippen LogP) is 3.74. The molecule has 1 saturated heterocycles. The Hall–Kier alpha value is -3.54. The molecule has 0 bridgehead atoms. The molecule has 1 fully saturated rings. The fourth-order valence-electron chi connectivity index (χ4n) is 3.18. The number of benzene rings is 2. The summed E-state index contributed by atoms with van der Waals surface area (Å²) in [6.45, 7) is 0.684. The van der Waals surface area contributed by atoms with Crippen molar-refractivity contribution in [2.45, 2.75) is 13.0 Å². The van der Waals surface area contributed by atoms with E-state index in [-0.39, 0.29) is 24.2 Å². The van der Waals surface area contributed by atoms with Crippen LogP contribution in [-0.2, 0) is 16.1 Å². The number of carbonyl (C=O) groups excluding carboxylic acids is 2. The quantitative estimate of drug-likeness (QED) is 0.711. The van der Waals surface area contributed by atoms with Gasteiger partial charge in [-0.2, -0.15) is 0 Å². The van der Waals surface area contributed by atoms with Gasteiger partial charge >= 0.3 is 0 Å². The largest absolute Gasteiger partial charge is 0.467 e. The number of hydrogen-bond donors (Lipinski definition) is 1. The number of nitrogens with one attached hydrogen (secondary N) is 1. The van der Waals surface area contributed by atoms with Crippen molar-refractivity contribution in [2.75, 3.05) is 11.4 Å². The Balaban J connectivity index is 1.36. The fourth-order valence-corrected chi connectivity index (χ4v) is 3.18. The summed E-state index contributed by atoms with van der Waals surface area (Å²) in [4.78, 5) is 26.4. The van der Waals surface area contributed by atoms with Gasteiger partial charge in [0.1, 0.15) is 17.3 Å². The number of para-hydroxylation sites is 1. The van der Waals surface area contributed by atoms with Gasteiger partial charge in [0.05, 0.1) is 18.7 Å². The van der Waals surface area contributed by atoms with Crippen LogP contribution in [0.15, 0.2) is 77.4 Å². The molecule has 6 nitrogen and oxygen atoms in total. The van der Waals surface area contributed by atoms with Crippen molar-refractivity contribution in [2.24, 2.45) is 5.92 Å². The molecule has 0 radical (unpaired) electrons.